The summed E-state index contributed by atoms with van der Waals surface area (Å²) >= 11 is 0. The van der Waals surface area contributed by atoms with E-state index in [2.05, 4.69) is 16.0 Å². The van der Waals surface area contributed by atoms with Crippen LogP contribution in [-0.4, -0.2) is 96.2 Å². The first-order valence-corrected chi connectivity index (χ1v) is 18.1. The Balaban J connectivity index is 1.44. The van der Waals surface area contributed by atoms with Crippen LogP contribution in [0.4, 0.5) is 0 Å². The molecule has 4 rings (SSSR count). The summed E-state index contributed by atoms with van der Waals surface area (Å²) in [5.74, 6) is -1.85. The van der Waals surface area contributed by atoms with E-state index < -0.39 is 41.9 Å². The van der Waals surface area contributed by atoms with Crippen molar-refractivity contribution in [1.29, 1.82) is 0 Å². The van der Waals surface area contributed by atoms with Crippen LogP contribution in [0.3, 0.4) is 0 Å². The van der Waals surface area contributed by atoms with E-state index in [0.717, 1.165) is 11.1 Å². The van der Waals surface area contributed by atoms with E-state index >= 15 is 0 Å². The highest BCUT2D eigenvalue weighted by atomic mass is 16.2. The van der Waals surface area contributed by atoms with E-state index in [1.165, 1.54) is 0 Å². The zero-order valence-corrected chi connectivity index (χ0v) is 30.2. The number of hydrogen-bond donors (Lipinski definition) is 5. The molecule has 4 atom stereocenters. The molecule has 0 saturated carbocycles. The van der Waals surface area contributed by atoms with Gasteiger partial charge in [0.2, 0.25) is 23.6 Å². The fraction of sp³-hybridized carbons (Fsp3) is 0.425. The summed E-state index contributed by atoms with van der Waals surface area (Å²) in [5, 5.41) is 8.61. The van der Waals surface area contributed by atoms with Gasteiger partial charge in [-0.15, -0.1) is 0 Å². The standard InChI is InChI=1S/C40H53N7O5/c1-28(2)25-34(45-38(50)35(27-30-15-8-4-9-16-30)44-36(48)32(42)26-29-13-6-3-7-14-29)37(49)43-33(19-12-20-41)40(52)47-23-21-46(22-24-47)39(51)31-17-10-5-11-18-31/h3-11,13-18,28,32-35H,12,19-27,41-42H2,1-2H3,(H,43,49)(H,44,48)(H,45,50)/t32-,33-,34-,35-/m1/s1. The van der Waals surface area contributed by atoms with Gasteiger partial charge in [-0.25, -0.2) is 0 Å². The van der Waals surface area contributed by atoms with Crippen LogP contribution in [0.5, 0.6) is 0 Å². The quantitative estimate of drug-likeness (QED) is 0.142. The van der Waals surface area contributed by atoms with Crippen LogP contribution < -0.4 is 27.4 Å². The number of piperazine rings is 1. The predicted octanol–water partition coefficient (Wildman–Crippen LogP) is 2.02. The van der Waals surface area contributed by atoms with E-state index in [-0.39, 0.29) is 24.2 Å². The van der Waals surface area contributed by atoms with E-state index in [1.807, 2.05) is 92.7 Å². The van der Waals surface area contributed by atoms with E-state index in [1.54, 1.807) is 21.9 Å². The molecule has 1 aliphatic heterocycles. The molecular formula is C40H53N7O5. The van der Waals surface area contributed by atoms with Crippen molar-refractivity contribution < 1.29 is 24.0 Å². The molecule has 52 heavy (non-hydrogen) atoms. The van der Waals surface area contributed by atoms with Crippen LogP contribution in [-0.2, 0) is 32.0 Å². The Morgan fingerprint density at radius 2 is 1.12 bits per heavy atom. The third kappa shape index (κ3) is 12.0. The van der Waals surface area contributed by atoms with Crippen molar-refractivity contribution in [2.75, 3.05) is 32.7 Å². The Hall–Kier alpha value is -5.07. The smallest absolute Gasteiger partial charge is 0.253 e. The largest absolute Gasteiger partial charge is 0.343 e. The minimum Gasteiger partial charge on any atom is -0.343 e. The Morgan fingerprint density at radius 1 is 0.635 bits per heavy atom. The number of hydrogen-bond acceptors (Lipinski definition) is 7. The van der Waals surface area contributed by atoms with Gasteiger partial charge < -0.3 is 37.2 Å². The Labute approximate surface area is 306 Å². The number of nitrogens with two attached hydrogens (primary N) is 2. The Bertz CT molecular complexity index is 1600. The van der Waals surface area contributed by atoms with Crippen LogP contribution in [0.2, 0.25) is 0 Å². The number of benzene rings is 3. The van der Waals surface area contributed by atoms with Crippen molar-refractivity contribution in [3.05, 3.63) is 108 Å². The first-order chi connectivity index (χ1) is 25.0. The maximum atomic E-state index is 13.9. The van der Waals surface area contributed by atoms with Gasteiger partial charge in [0.25, 0.3) is 5.91 Å². The van der Waals surface area contributed by atoms with Crippen molar-refractivity contribution in [2.24, 2.45) is 17.4 Å². The van der Waals surface area contributed by atoms with Crippen molar-refractivity contribution in [3.63, 3.8) is 0 Å². The highest BCUT2D eigenvalue weighted by Gasteiger charge is 2.34. The summed E-state index contributed by atoms with van der Waals surface area (Å²) in [7, 11) is 0. The number of nitrogens with zero attached hydrogens (tertiary/aromatic N) is 2. The summed E-state index contributed by atoms with van der Waals surface area (Å²) in [4.78, 5) is 71.2. The minimum absolute atomic E-state index is 0.0194. The van der Waals surface area contributed by atoms with Gasteiger partial charge in [0, 0.05) is 38.2 Å². The molecule has 12 nitrogen and oxygen atoms in total. The van der Waals surface area contributed by atoms with Crippen molar-refractivity contribution in [3.8, 4) is 0 Å². The highest BCUT2D eigenvalue weighted by molar-refractivity contribution is 5.96. The summed E-state index contributed by atoms with van der Waals surface area (Å²) in [6.07, 6.45) is 1.59. The number of nitrogens with one attached hydrogen (secondary N) is 3. The minimum atomic E-state index is -1.01. The summed E-state index contributed by atoms with van der Waals surface area (Å²) in [6.45, 7) is 5.59. The average molecular weight is 712 g/mol. The van der Waals surface area contributed by atoms with Gasteiger partial charge in [0.05, 0.1) is 6.04 Å². The van der Waals surface area contributed by atoms with E-state index in [4.69, 9.17) is 11.5 Å². The van der Waals surface area contributed by atoms with Crippen molar-refractivity contribution in [1.82, 2.24) is 25.8 Å². The van der Waals surface area contributed by atoms with Crippen LogP contribution in [0, 0.1) is 5.92 Å². The second kappa shape index (κ2) is 20.1. The third-order valence-electron chi connectivity index (χ3n) is 9.10. The molecule has 1 aliphatic rings. The Kier molecular flexibility index (Phi) is 15.3. The van der Waals surface area contributed by atoms with E-state index in [9.17, 15) is 24.0 Å². The average Bonchev–Trinajstić information content (AvgIpc) is 3.16. The highest BCUT2D eigenvalue weighted by Crippen LogP contribution is 2.14. The lowest BCUT2D eigenvalue weighted by Crippen LogP contribution is -2.60. The Morgan fingerprint density at radius 3 is 1.67 bits per heavy atom. The SMILES string of the molecule is CC(C)C[C@@H](NC(=O)[C@@H](Cc1ccccc1)NC(=O)[C@H](N)Cc1ccccc1)C(=O)N[C@H](CCCN)C(=O)N1CCN(C(=O)c2ccccc2)CC1. The van der Waals surface area contributed by atoms with Gasteiger partial charge in [-0.2, -0.15) is 0 Å². The van der Waals surface area contributed by atoms with Crippen LogP contribution in [0.1, 0.15) is 54.6 Å². The molecule has 5 amide bonds. The topological polar surface area (TPSA) is 180 Å². The molecule has 0 unspecified atom stereocenters. The molecular weight excluding hydrogens is 658 g/mol. The molecule has 1 heterocycles. The molecule has 0 aliphatic carbocycles. The fourth-order valence-electron chi connectivity index (χ4n) is 6.24. The maximum absolute atomic E-state index is 13.9. The van der Waals surface area contributed by atoms with Gasteiger partial charge in [-0.05, 0) is 61.4 Å². The van der Waals surface area contributed by atoms with Gasteiger partial charge >= 0.3 is 0 Å². The van der Waals surface area contributed by atoms with Gasteiger partial charge in [0.1, 0.15) is 18.1 Å². The molecule has 7 N–H and O–H groups in total. The normalized spacial score (nSPS) is 15.2. The summed E-state index contributed by atoms with van der Waals surface area (Å²) in [6, 6.07) is 23.9. The monoisotopic (exact) mass is 711 g/mol. The van der Waals surface area contributed by atoms with Crippen molar-refractivity contribution >= 4 is 29.5 Å². The second-order valence-electron chi connectivity index (χ2n) is 13.7. The lowest BCUT2D eigenvalue weighted by atomic mass is 9.99. The van der Waals surface area contributed by atoms with Crippen molar-refractivity contribution in [2.45, 2.75) is 70.1 Å². The zero-order valence-electron chi connectivity index (χ0n) is 30.2. The molecule has 0 radical (unpaired) electrons. The molecule has 278 valence electrons. The van der Waals surface area contributed by atoms with Gasteiger partial charge in [0.15, 0.2) is 0 Å². The maximum Gasteiger partial charge on any atom is 0.253 e. The molecule has 0 aromatic heterocycles. The van der Waals surface area contributed by atoms with Crippen LogP contribution in [0.15, 0.2) is 91.0 Å². The third-order valence-corrected chi connectivity index (χ3v) is 9.10. The molecule has 1 saturated heterocycles. The van der Waals surface area contributed by atoms with Gasteiger partial charge in [-0.1, -0.05) is 92.7 Å². The van der Waals surface area contributed by atoms with E-state index in [0.29, 0.717) is 64.0 Å². The lowest BCUT2D eigenvalue weighted by Gasteiger charge is -2.37. The first kappa shape index (κ1) is 39.7. The summed E-state index contributed by atoms with van der Waals surface area (Å²) < 4.78 is 0. The first-order valence-electron chi connectivity index (χ1n) is 18.1. The molecule has 3 aromatic carbocycles. The van der Waals surface area contributed by atoms with Crippen LogP contribution in [0.25, 0.3) is 0 Å². The zero-order chi connectivity index (χ0) is 37.5. The molecule has 0 spiro atoms. The number of rotatable bonds is 17. The number of carbonyl (C=O) groups excluding carboxylic acids is 5. The molecule has 12 heteroatoms. The second-order valence-corrected chi connectivity index (χ2v) is 13.7. The fourth-order valence-corrected chi connectivity index (χ4v) is 6.24. The molecule has 3 aromatic rings. The molecule has 1 fully saturated rings. The number of amides is 5. The predicted molar refractivity (Wildman–Crippen MR) is 201 cm³/mol. The summed E-state index contributed by atoms with van der Waals surface area (Å²) in [5.41, 5.74) is 14.4. The molecule has 0 bridgehead atoms. The van der Waals surface area contributed by atoms with Gasteiger partial charge in [-0.3, -0.25) is 24.0 Å². The lowest BCUT2D eigenvalue weighted by molar-refractivity contribution is -0.139. The van der Waals surface area contributed by atoms with Crippen LogP contribution >= 0.6 is 0 Å². The number of carbonyl (C=O) groups is 5.